The summed E-state index contributed by atoms with van der Waals surface area (Å²) in [4.78, 5) is 6.41. The van der Waals surface area contributed by atoms with E-state index in [1.165, 1.54) is 30.7 Å². The second-order valence-corrected chi connectivity index (χ2v) is 5.83. The van der Waals surface area contributed by atoms with E-state index in [9.17, 15) is 8.42 Å². The quantitative estimate of drug-likeness (QED) is 0.891. The number of aromatic amines is 1. The Morgan fingerprint density at radius 3 is 2.89 bits per heavy atom. The van der Waals surface area contributed by atoms with Crippen molar-refractivity contribution in [3.63, 3.8) is 0 Å². The lowest BCUT2D eigenvalue weighted by Crippen LogP contribution is -2.24. The second kappa shape index (κ2) is 5.40. The fourth-order valence-electron chi connectivity index (χ4n) is 1.44. The molecule has 6 nitrogen and oxygen atoms in total. The molecular weight excluding hydrogens is 288 g/mol. The molecule has 19 heavy (non-hydrogen) atoms. The first kappa shape index (κ1) is 13.5. The van der Waals surface area contributed by atoms with Gasteiger partial charge in [0, 0.05) is 16.9 Å². The average Bonchev–Trinajstić information content (AvgIpc) is 2.89. The summed E-state index contributed by atoms with van der Waals surface area (Å²) in [5.41, 5.74) is 0.658. The average molecular weight is 297 g/mol. The van der Waals surface area contributed by atoms with Gasteiger partial charge in [0.25, 0.3) is 0 Å². The molecule has 0 saturated heterocycles. The van der Waals surface area contributed by atoms with Crippen molar-refractivity contribution in [1.29, 1.82) is 5.26 Å². The second-order valence-electron chi connectivity index (χ2n) is 3.65. The summed E-state index contributed by atoms with van der Waals surface area (Å²) in [6.45, 7) is 0.0553. The van der Waals surface area contributed by atoms with E-state index in [2.05, 4.69) is 14.7 Å². The van der Waals surface area contributed by atoms with E-state index in [0.717, 1.165) is 0 Å². The maximum atomic E-state index is 12.1. The van der Waals surface area contributed by atoms with Crippen molar-refractivity contribution >= 4 is 21.6 Å². The number of hydrogen-bond donors (Lipinski definition) is 2. The van der Waals surface area contributed by atoms with Crippen LogP contribution in [-0.4, -0.2) is 18.4 Å². The SMILES string of the molecule is N#Cc1ccc(Cl)cc1S(=O)(=O)NCc1cnc[nH]1. The maximum absolute atomic E-state index is 12.1. The van der Waals surface area contributed by atoms with Gasteiger partial charge in [-0.05, 0) is 18.2 Å². The van der Waals surface area contributed by atoms with Crippen LogP contribution in [0.2, 0.25) is 5.02 Å². The molecule has 2 N–H and O–H groups in total. The summed E-state index contributed by atoms with van der Waals surface area (Å²) in [5.74, 6) is 0. The number of nitrogens with one attached hydrogen (secondary N) is 2. The molecule has 8 heteroatoms. The summed E-state index contributed by atoms with van der Waals surface area (Å²) < 4.78 is 26.6. The Kier molecular flexibility index (Phi) is 3.85. The Morgan fingerprint density at radius 2 is 2.26 bits per heavy atom. The van der Waals surface area contributed by atoms with Gasteiger partial charge in [-0.3, -0.25) is 0 Å². The largest absolute Gasteiger partial charge is 0.347 e. The van der Waals surface area contributed by atoms with Crippen molar-refractivity contribution in [2.24, 2.45) is 0 Å². The summed E-state index contributed by atoms with van der Waals surface area (Å²) in [7, 11) is -3.81. The number of imidazole rings is 1. The topological polar surface area (TPSA) is 98.6 Å². The Labute approximate surface area is 115 Å². The predicted molar refractivity (Wildman–Crippen MR) is 68.8 cm³/mol. The monoisotopic (exact) mass is 296 g/mol. The Bertz CT molecular complexity index is 720. The van der Waals surface area contributed by atoms with Gasteiger partial charge >= 0.3 is 0 Å². The standard InChI is InChI=1S/C11H9ClN4O2S/c12-9-2-1-8(4-13)11(3-9)19(17,18)16-6-10-5-14-7-15-10/h1-3,5,7,16H,6H2,(H,14,15). The van der Waals surface area contributed by atoms with Gasteiger partial charge in [-0.1, -0.05) is 11.6 Å². The van der Waals surface area contributed by atoms with Gasteiger partial charge in [0.05, 0.1) is 18.4 Å². The number of aromatic nitrogens is 2. The zero-order valence-corrected chi connectivity index (χ0v) is 11.2. The number of hydrogen-bond acceptors (Lipinski definition) is 4. The van der Waals surface area contributed by atoms with E-state index in [1.54, 1.807) is 0 Å². The molecule has 1 heterocycles. The van der Waals surface area contributed by atoms with Gasteiger partial charge in [-0.15, -0.1) is 0 Å². The van der Waals surface area contributed by atoms with Gasteiger partial charge in [0.2, 0.25) is 10.0 Å². The van der Waals surface area contributed by atoms with Crippen LogP contribution in [0.15, 0.2) is 35.6 Å². The van der Waals surface area contributed by atoms with Crippen molar-refractivity contribution < 1.29 is 8.42 Å². The third-order valence-electron chi connectivity index (χ3n) is 2.36. The highest BCUT2D eigenvalue weighted by molar-refractivity contribution is 7.89. The fraction of sp³-hybridized carbons (Fsp3) is 0.0909. The normalized spacial score (nSPS) is 11.2. The molecule has 0 radical (unpaired) electrons. The number of rotatable bonds is 4. The zero-order chi connectivity index (χ0) is 13.9. The van der Waals surface area contributed by atoms with Crippen LogP contribution in [0.5, 0.6) is 0 Å². The van der Waals surface area contributed by atoms with Crippen LogP contribution in [0.25, 0.3) is 0 Å². The molecule has 0 amide bonds. The molecule has 1 aromatic carbocycles. The molecule has 0 aliphatic carbocycles. The number of nitrogens with zero attached hydrogens (tertiary/aromatic N) is 2. The Hall–Kier alpha value is -1.88. The van der Waals surface area contributed by atoms with E-state index < -0.39 is 10.0 Å². The number of nitriles is 1. The number of sulfonamides is 1. The molecule has 98 valence electrons. The molecule has 0 aliphatic heterocycles. The van der Waals surface area contributed by atoms with Crippen molar-refractivity contribution in [2.75, 3.05) is 0 Å². The van der Waals surface area contributed by atoms with Crippen molar-refractivity contribution in [1.82, 2.24) is 14.7 Å². The van der Waals surface area contributed by atoms with Crippen LogP contribution in [0, 0.1) is 11.3 Å². The molecule has 2 rings (SSSR count). The number of H-pyrrole nitrogens is 1. The van der Waals surface area contributed by atoms with Gasteiger partial charge < -0.3 is 4.98 Å². The van der Waals surface area contributed by atoms with Gasteiger partial charge in [-0.25, -0.2) is 18.1 Å². The Morgan fingerprint density at radius 1 is 1.47 bits per heavy atom. The first-order valence-corrected chi connectivity index (χ1v) is 7.05. The Balaban J connectivity index is 2.29. The van der Waals surface area contributed by atoms with E-state index in [4.69, 9.17) is 16.9 Å². The lowest BCUT2D eigenvalue weighted by atomic mass is 10.2. The summed E-state index contributed by atoms with van der Waals surface area (Å²) in [6.07, 6.45) is 2.95. The van der Waals surface area contributed by atoms with E-state index >= 15 is 0 Å². The number of benzene rings is 1. The van der Waals surface area contributed by atoms with E-state index in [1.807, 2.05) is 6.07 Å². The molecule has 0 bridgehead atoms. The highest BCUT2D eigenvalue weighted by atomic mass is 35.5. The molecule has 0 atom stereocenters. The molecule has 0 spiro atoms. The van der Waals surface area contributed by atoms with Crippen LogP contribution in [0.1, 0.15) is 11.3 Å². The molecule has 0 saturated carbocycles. The molecule has 0 fully saturated rings. The fourth-order valence-corrected chi connectivity index (χ4v) is 2.87. The lowest BCUT2D eigenvalue weighted by Gasteiger charge is -2.07. The third-order valence-corrected chi connectivity index (χ3v) is 4.04. The lowest BCUT2D eigenvalue weighted by molar-refractivity contribution is 0.580. The predicted octanol–water partition coefficient (Wildman–Crippen LogP) is 1.41. The van der Waals surface area contributed by atoms with Crippen LogP contribution < -0.4 is 4.72 Å². The summed E-state index contributed by atoms with van der Waals surface area (Å²) in [5, 5.41) is 9.17. The molecule has 0 unspecified atom stereocenters. The highest BCUT2D eigenvalue weighted by Crippen LogP contribution is 2.20. The first-order valence-electron chi connectivity index (χ1n) is 5.19. The zero-order valence-electron chi connectivity index (χ0n) is 9.59. The van der Waals surface area contributed by atoms with Gasteiger partial charge in [-0.2, -0.15) is 5.26 Å². The van der Waals surface area contributed by atoms with Gasteiger partial charge in [0.1, 0.15) is 11.0 Å². The minimum Gasteiger partial charge on any atom is -0.347 e. The summed E-state index contributed by atoms with van der Waals surface area (Å²) in [6, 6.07) is 5.90. The third kappa shape index (κ3) is 3.12. The van der Waals surface area contributed by atoms with Crippen LogP contribution >= 0.6 is 11.6 Å². The highest BCUT2D eigenvalue weighted by Gasteiger charge is 2.19. The van der Waals surface area contributed by atoms with E-state index in [0.29, 0.717) is 5.69 Å². The number of halogens is 1. The maximum Gasteiger partial charge on any atom is 0.242 e. The van der Waals surface area contributed by atoms with E-state index in [-0.39, 0.29) is 22.0 Å². The van der Waals surface area contributed by atoms with Crippen molar-refractivity contribution in [3.05, 3.63) is 47.0 Å². The van der Waals surface area contributed by atoms with Crippen LogP contribution in [-0.2, 0) is 16.6 Å². The minimum absolute atomic E-state index is 0.0431. The molecule has 0 aliphatic rings. The minimum atomic E-state index is -3.81. The van der Waals surface area contributed by atoms with Crippen molar-refractivity contribution in [3.8, 4) is 6.07 Å². The first-order chi connectivity index (χ1) is 9.03. The molecule has 1 aromatic heterocycles. The summed E-state index contributed by atoms with van der Waals surface area (Å²) >= 11 is 5.76. The molecular formula is C11H9ClN4O2S. The smallest absolute Gasteiger partial charge is 0.242 e. The molecule has 2 aromatic rings. The van der Waals surface area contributed by atoms with Crippen LogP contribution in [0.3, 0.4) is 0 Å². The van der Waals surface area contributed by atoms with Gasteiger partial charge in [0.15, 0.2) is 0 Å². The van der Waals surface area contributed by atoms with Crippen LogP contribution in [0.4, 0.5) is 0 Å². The van der Waals surface area contributed by atoms with Crippen molar-refractivity contribution in [2.45, 2.75) is 11.4 Å².